The summed E-state index contributed by atoms with van der Waals surface area (Å²) in [4.78, 5) is 12.0. The molecule has 0 unspecified atom stereocenters. The topological polar surface area (TPSA) is 46.9 Å². The molecule has 0 atom stereocenters. The Balaban J connectivity index is 2.28. The van der Waals surface area contributed by atoms with Crippen molar-refractivity contribution in [2.24, 2.45) is 7.05 Å². The summed E-state index contributed by atoms with van der Waals surface area (Å²) in [5.74, 6) is -0.545. The van der Waals surface area contributed by atoms with Crippen molar-refractivity contribution in [2.75, 3.05) is 5.32 Å². The SMILES string of the molecule is Cc1cc(C(=O)Nc2cc(C(F)(F)F)ccc2I)nn1C. The number of aryl methyl sites for hydroxylation is 2. The van der Waals surface area contributed by atoms with E-state index in [0.717, 1.165) is 17.8 Å². The van der Waals surface area contributed by atoms with E-state index >= 15 is 0 Å². The maximum Gasteiger partial charge on any atom is 0.416 e. The van der Waals surface area contributed by atoms with Gasteiger partial charge in [-0.05, 0) is 53.8 Å². The number of halogens is 4. The van der Waals surface area contributed by atoms with Crippen LogP contribution in [0.2, 0.25) is 0 Å². The number of amides is 1. The maximum atomic E-state index is 12.7. The van der Waals surface area contributed by atoms with E-state index in [9.17, 15) is 18.0 Å². The molecule has 2 aromatic rings. The first-order valence-corrected chi connectivity index (χ1v) is 6.95. The molecule has 0 spiro atoms. The molecule has 1 heterocycles. The fraction of sp³-hybridized carbons (Fsp3) is 0.231. The fourth-order valence-corrected chi connectivity index (χ4v) is 2.13. The highest BCUT2D eigenvalue weighted by molar-refractivity contribution is 14.1. The molecule has 112 valence electrons. The van der Waals surface area contributed by atoms with Gasteiger partial charge in [-0.15, -0.1) is 0 Å². The van der Waals surface area contributed by atoms with E-state index in [0.29, 0.717) is 3.57 Å². The molecular weight excluding hydrogens is 398 g/mol. The van der Waals surface area contributed by atoms with Gasteiger partial charge < -0.3 is 5.32 Å². The summed E-state index contributed by atoms with van der Waals surface area (Å²) in [6.45, 7) is 1.78. The van der Waals surface area contributed by atoms with Crippen molar-refractivity contribution < 1.29 is 18.0 Å². The summed E-state index contributed by atoms with van der Waals surface area (Å²) >= 11 is 1.86. The lowest BCUT2D eigenvalue weighted by molar-refractivity contribution is -0.137. The van der Waals surface area contributed by atoms with Crippen LogP contribution in [0.25, 0.3) is 0 Å². The van der Waals surface area contributed by atoms with Crippen molar-refractivity contribution in [1.82, 2.24) is 9.78 Å². The van der Waals surface area contributed by atoms with E-state index in [1.54, 1.807) is 20.0 Å². The fourth-order valence-electron chi connectivity index (χ4n) is 1.66. The van der Waals surface area contributed by atoms with Gasteiger partial charge in [0.2, 0.25) is 0 Å². The average Bonchev–Trinajstić information content (AvgIpc) is 2.71. The lowest BCUT2D eigenvalue weighted by Gasteiger charge is -2.11. The average molecular weight is 409 g/mol. The van der Waals surface area contributed by atoms with Crippen molar-refractivity contribution in [3.63, 3.8) is 0 Å². The molecule has 0 bridgehead atoms. The van der Waals surface area contributed by atoms with Gasteiger partial charge in [0.25, 0.3) is 5.91 Å². The lowest BCUT2D eigenvalue weighted by atomic mass is 10.2. The molecule has 0 aliphatic heterocycles. The molecule has 0 radical (unpaired) electrons. The summed E-state index contributed by atoms with van der Waals surface area (Å²) in [7, 11) is 1.68. The van der Waals surface area contributed by atoms with E-state index in [1.807, 2.05) is 22.6 Å². The number of hydrogen-bond acceptors (Lipinski definition) is 2. The summed E-state index contributed by atoms with van der Waals surface area (Å²) in [6, 6.07) is 4.76. The van der Waals surface area contributed by atoms with Gasteiger partial charge in [0.15, 0.2) is 5.69 Å². The minimum Gasteiger partial charge on any atom is -0.320 e. The van der Waals surface area contributed by atoms with Crippen LogP contribution in [0.4, 0.5) is 18.9 Å². The molecule has 1 amide bonds. The van der Waals surface area contributed by atoms with Gasteiger partial charge in [-0.1, -0.05) is 0 Å². The van der Waals surface area contributed by atoms with Crippen LogP contribution in [-0.2, 0) is 13.2 Å². The first-order valence-electron chi connectivity index (χ1n) is 5.87. The third-order valence-electron chi connectivity index (χ3n) is 2.89. The van der Waals surface area contributed by atoms with Crippen LogP contribution in [0.3, 0.4) is 0 Å². The number of benzene rings is 1. The molecule has 0 saturated heterocycles. The summed E-state index contributed by atoms with van der Waals surface area (Å²) in [5, 5.41) is 6.44. The number of carbonyl (C=O) groups is 1. The van der Waals surface area contributed by atoms with E-state index in [4.69, 9.17) is 0 Å². The summed E-state index contributed by atoms with van der Waals surface area (Å²) < 4.78 is 40.1. The Morgan fingerprint density at radius 1 is 1.33 bits per heavy atom. The van der Waals surface area contributed by atoms with E-state index in [2.05, 4.69) is 10.4 Å². The zero-order valence-electron chi connectivity index (χ0n) is 11.1. The maximum absolute atomic E-state index is 12.7. The van der Waals surface area contributed by atoms with Gasteiger partial charge in [0.05, 0.1) is 11.3 Å². The van der Waals surface area contributed by atoms with Crippen molar-refractivity contribution in [2.45, 2.75) is 13.1 Å². The Hall–Kier alpha value is -1.58. The molecule has 1 aromatic carbocycles. The summed E-state index contributed by atoms with van der Waals surface area (Å²) in [5.41, 5.74) is 0.233. The van der Waals surface area contributed by atoms with Gasteiger partial charge in [-0.3, -0.25) is 9.48 Å². The van der Waals surface area contributed by atoms with Crippen molar-refractivity contribution in [1.29, 1.82) is 0 Å². The Bertz CT molecular complexity index is 675. The van der Waals surface area contributed by atoms with Crippen LogP contribution in [-0.4, -0.2) is 15.7 Å². The number of hydrogen-bond donors (Lipinski definition) is 1. The molecule has 0 aliphatic carbocycles. The first-order chi connectivity index (χ1) is 9.68. The van der Waals surface area contributed by atoms with E-state index in [1.165, 1.54) is 10.7 Å². The Morgan fingerprint density at radius 2 is 2.00 bits per heavy atom. The zero-order chi connectivity index (χ0) is 15.8. The second-order valence-corrected chi connectivity index (χ2v) is 5.60. The highest BCUT2D eigenvalue weighted by Gasteiger charge is 2.31. The van der Waals surface area contributed by atoms with Crippen molar-refractivity contribution in [3.05, 3.63) is 44.8 Å². The monoisotopic (exact) mass is 409 g/mol. The minimum absolute atomic E-state index is 0.110. The second kappa shape index (κ2) is 5.66. The normalized spacial score (nSPS) is 11.5. The number of rotatable bonds is 2. The Morgan fingerprint density at radius 3 is 2.52 bits per heavy atom. The molecule has 0 fully saturated rings. The van der Waals surface area contributed by atoms with Crippen molar-refractivity contribution in [3.8, 4) is 0 Å². The molecule has 4 nitrogen and oxygen atoms in total. The van der Waals surface area contributed by atoms with Gasteiger partial charge in [-0.25, -0.2) is 0 Å². The number of aromatic nitrogens is 2. The predicted octanol–water partition coefficient (Wildman–Crippen LogP) is 3.60. The third kappa shape index (κ3) is 3.55. The molecule has 8 heteroatoms. The largest absolute Gasteiger partial charge is 0.416 e. The van der Waals surface area contributed by atoms with Crippen LogP contribution in [0, 0.1) is 10.5 Å². The smallest absolute Gasteiger partial charge is 0.320 e. The minimum atomic E-state index is -4.45. The quantitative estimate of drug-likeness (QED) is 0.771. The third-order valence-corrected chi connectivity index (χ3v) is 3.83. The van der Waals surface area contributed by atoms with Gasteiger partial charge in [-0.2, -0.15) is 18.3 Å². The van der Waals surface area contributed by atoms with E-state index in [-0.39, 0.29) is 11.4 Å². The number of nitrogens with zero attached hydrogens (tertiary/aromatic N) is 2. The molecule has 2 rings (SSSR count). The molecule has 1 N–H and O–H groups in total. The Labute approximate surface area is 132 Å². The van der Waals surface area contributed by atoms with Crippen LogP contribution >= 0.6 is 22.6 Å². The molecular formula is C13H11F3IN3O. The second-order valence-electron chi connectivity index (χ2n) is 4.44. The summed E-state index contributed by atoms with van der Waals surface area (Å²) in [6.07, 6.45) is -4.45. The highest BCUT2D eigenvalue weighted by atomic mass is 127. The molecule has 1 aromatic heterocycles. The molecule has 0 aliphatic rings. The number of nitrogens with one attached hydrogen (secondary N) is 1. The standard InChI is InChI=1S/C13H11F3IN3O/c1-7-5-11(19-20(7)2)12(21)18-10-6-8(13(14,15)16)3-4-9(10)17/h3-6H,1-2H3,(H,18,21). The zero-order valence-corrected chi connectivity index (χ0v) is 13.3. The van der Waals surface area contributed by atoms with Crippen molar-refractivity contribution >= 4 is 34.2 Å². The highest BCUT2D eigenvalue weighted by Crippen LogP contribution is 2.32. The number of carbonyl (C=O) groups excluding carboxylic acids is 1. The van der Waals surface area contributed by atoms with Crippen LogP contribution in [0.5, 0.6) is 0 Å². The number of anilines is 1. The van der Waals surface area contributed by atoms with Crippen LogP contribution in [0.15, 0.2) is 24.3 Å². The molecule has 21 heavy (non-hydrogen) atoms. The number of alkyl halides is 3. The van der Waals surface area contributed by atoms with Crippen LogP contribution < -0.4 is 5.32 Å². The van der Waals surface area contributed by atoms with E-state index < -0.39 is 17.6 Å². The predicted molar refractivity (Wildman–Crippen MR) is 80.1 cm³/mol. The lowest BCUT2D eigenvalue weighted by Crippen LogP contribution is -2.15. The molecule has 0 saturated carbocycles. The van der Waals surface area contributed by atoms with Gasteiger partial charge in [0.1, 0.15) is 0 Å². The van der Waals surface area contributed by atoms with Gasteiger partial charge >= 0.3 is 6.18 Å². The first kappa shape index (κ1) is 15.8. The van der Waals surface area contributed by atoms with Gasteiger partial charge in [0, 0.05) is 16.3 Å². The van der Waals surface area contributed by atoms with Crippen LogP contribution in [0.1, 0.15) is 21.7 Å². The Kier molecular flexibility index (Phi) is 4.26.